The number of nitro groups is 1. The first-order chi connectivity index (χ1) is 18.0. The molecule has 11 nitrogen and oxygen atoms in total. The van der Waals surface area contributed by atoms with Crippen LogP contribution in [0.15, 0.2) is 42.5 Å². The number of ether oxygens (including phenoxy) is 2. The van der Waals surface area contributed by atoms with Gasteiger partial charge in [0.1, 0.15) is 6.61 Å². The quantitative estimate of drug-likeness (QED) is 0.309. The van der Waals surface area contributed by atoms with Gasteiger partial charge in [0.05, 0.1) is 29.8 Å². The lowest BCUT2D eigenvalue weighted by Gasteiger charge is -2.32. The molecular weight excluding hydrogens is 510 g/mol. The summed E-state index contributed by atoms with van der Waals surface area (Å²) in [6.07, 6.45) is -0.776. The fourth-order valence-corrected chi connectivity index (χ4v) is 8.97. The molecule has 2 aromatic rings. The molecule has 2 aromatic carbocycles. The van der Waals surface area contributed by atoms with Crippen LogP contribution in [0, 0.1) is 16.0 Å². The molecule has 38 heavy (non-hydrogen) atoms. The Kier molecular flexibility index (Phi) is 6.54. The molecule has 202 valence electrons. The number of nitro benzene ring substituents is 1. The zero-order chi connectivity index (χ0) is 27.4. The summed E-state index contributed by atoms with van der Waals surface area (Å²) < 4.78 is 11.5. The summed E-state index contributed by atoms with van der Waals surface area (Å²) in [5.74, 6) is -0.857. The second kappa shape index (κ2) is 9.45. The van der Waals surface area contributed by atoms with Gasteiger partial charge >= 0.3 is 6.09 Å². The van der Waals surface area contributed by atoms with Crippen LogP contribution in [0.1, 0.15) is 24.5 Å². The molecular formula is C26H31N3O8Si. The largest absolute Gasteiger partial charge is 0.447 e. The van der Waals surface area contributed by atoms with Crippen molar-refractivity contribution in [2.24, 2.45) is 5.92 Å². The first kappa shape index (κ1) is 26.3. The number of hydrogen-bond donors (Lipinski definition) is 2. The molecule has 2 fully saturated rings. The smallest absolute Gasteiger partial charge is 0.414 e. The lowest BCUT2D eigenvalue weighted by molar-refractivity contribution is -0.385. The van der Waals surface area contributed by atoms with Gasteiger partial charge in [0.25, 0.3) is 11.6 Å². The lowest BCUT2D eigenvalue weighted by atomic mass is 9.82. The zero-order valence-electron chi connectivity index (χ0n) is 21.5. The molecule has 0 radical (unpaired) electrons. The Morgan fingerprint density at radius 3 is 2.61 bits per heavy atom. The van der Waals surface area contributed by atoms with E-state index in [1.54, 1.807) is 36.2 Å². The number of fused-ring (bicyclic) bond motifs is 2. The van der Waals surface area contributed by atoms with Gasteiger partial charge in [-0.15, -0.1) is 0 Å². The normalized spacial score (nSPS) is 26.8. The van der Waals surface area contributed by atoms with Crippen molar-refractivity contribution in [3.8, 4) is 0 Å². The van der Waals surface area contributed by atoms with Crippen LogP contribution in [0.4, 0.5) is 21.9 Å². The molecule has 5 rings (SSSR count). The highest BCUT2D eigenvalue weighted by Gasteiger charge is 2.66. The van der Waals surface area contributed by atoms with Gasteiger partial charge in [0.15, 0.2) is 13.9 Å². The van der Waals surface area contributed by atoms with Gasteiger partial charge in [0.2, 0.25) is 0 Å². The second-order valence-corrected chi connectivity index (χ2v) is 14.6. The standard InChI is InChI=1S/C26H31N3O8Si/c1-16-23(38(2,3)35)22(9-11-30)37-26(16)20-14-19(29(33)34)7-8-21(20)28(24(26)31)15-17-5-4-6-18(13-17)27-10-12-36-25(27)32/h4-8,13-14,16,22-23,30,35H,9-12,15H2,1-3H3/t16-,22+,23-,26+/m1/s1. The van der Waals surface area contributed by atoms with Crippen molar-refractivity contribution in [3.63, 3.8) is 0 Å². The van der Waals surface area contributed by atoms with Crippen molar-refractivity contribution in [1.82, 2.24) is 0 Å². The number of cyclic esters (lactones) is 1. The van der Waals surface area contributed by atoms with Crippen LogP contribution in [-0.2, 0) is 26.4 Å². The van der Waals surface area contributed by atoms with E-state index in [0.29, 0.717) is 30.1 Å². The summed E-state index contributed by atoms with van der Waals surface area (Å²) in [5, 5.41) is 21.4. The summed E-state index contributed by atoms with van der Waals surface area (Å²) >= 11 is 0. The Labute approximate surface area is 220 Å². The van der Waals surface area contributed by atoms with E-state index in [4.69, 9.17) is 9.47 Å². The number of non-ortho nitro benzene ring substituents is 1. The van der Waals surface area contributed by atoms with Crippen LogP contribution in [0.25, 0.3) is 0 Å². The molecule has 1 spiro atoms. The summed E-state index contributed by atoms with van der Waals surface area (Å²) in [6, 6.07) is 11.6. The van der Waals surface area contributed by atoms with Crippen molar-refractivity contribution in [2.45, 2.75) is 50.2 Å². The third kappa shape index (κ3) is 4.08. The first-order valence-corrected chi connectivity index (χ1v) is 15.7. The fraction of sp³-hybridized carbons (Fsp3) is 0.462. The van der Waals surface area contributed by atoms with Crippen LogP contribution in [0.2, 0.25) is 18.6 Å². The molecule has 0 saturated carbocycles. The first-order valence-electron chi connectivity index (χ1n) is 12.6. The number of aliphatic hydroxyl groups excluding tert-OH is 1. The van der Waals surface area contributed by atoms with Gasteiger partial charge in [-0.05, 0) is 43.3 Å². The Hall–Kier alpha value is -3.32. The van der Waals surface area contributed by atoms with Crippen molar-refractivity contribution in [3.05, 3.63) is 63.7 Å². The molecule has 4 atom stereocenters. The maximum absolute atomic E-state index is 14.3. The number of aliphatic hydroxyl groups is 1. The van der Waals surface area contributed by atoms with E-state index in [1.807, 2.05) is 19.1 Å². The Morgan fingerprint density at radius 1 is 1.21 bits per heavy atom. The van der Waals surface area contributed by atoms with Crippen LogP contribution >= 0.6 is 0 Å². The number of rotatable bonds is 7. The molecule has 2 saturated heterocycles. The van der Waals surface area contributed by atoms with E-state index < -0.39 is 37.0 Å². The van der Waals surface area contributed by atoms with Gasteiger partial charge in [0, 0.05) is 41.4 Å². The second-order valence-electron chi connectivity index (χ2n) is 10.7. The topological polar surface area (TPSA) is 143 Å². The molecule has 2 amide bonds. The number of carbonyl (C=O) groups is 2. The van der Waals surface area contributed by atoms with Crippen LogP contribution in [0.5, 0.6) is 0 Å². The van der Waals surface area contributed by atoms with E-state index in [9.17, 15) is 29.6 Å². The van der Waals surface area contributed by atoms with E-state index in [-0.39, 0.29) is 36.7 Å². The van der Waals surface area contributed by atoms with Crippen molar-refractivity contribution in [2.75, 3.05) is 29.6 Å². The van der Waals surface area contributed by atoms with Gasteiger partial charge < -0.3 is 24.3 Å². The predicted octanol–water partition coefficient (Wildman–Crippen LogP) is 3.28. The number of carbonyl (C=O) groups excluding carboxylic acids is 2. The fourth-order valence-electron chi connectivity index (χ4n) is 6.37. The van der Waals surface area contributed by atoms with E-state index in [2.05, 4.69) is 0 Å². The number of amides is 2. The van der Waals surface area contributed by atoms with E-state index in [1.165, 1.54) is 17.0 Å². The van der Waals surface area contributed by atoms with Crippen LogP contribution in [0.3, 0.4) is 0 Å². The minimum absolute atomic E-state index is 0.146. The maximum Gasteiger partial charge on any atom is 0.414 e. The Morgan fingerprint density at radius 2 is 1.97 bits per heavy atom. The Bertz CT molecular complexity index is 1300. The van der Waals surface area contributed by atoms with Crippen molar-refractivity contribution < 1.29 is 33.9 Å². The number of nitrogens with zero attached hydrogens (tertiary/aromatic N) is 3. The highest BCUT2D eigenvalue weighted by molar-refractivity contribution is 6.71. The minimum Gasteiger partial charge on any atom is -0.447 e. The van der Waals surface area contributed by atoms with Crippen LogP contribution < -0.4 is 9.80 Å². The van der Waals surface area contributed by atoms with E-state index in [0.717, 1.165) is 5.56 Å². The molecule has 3 aliphatic heterocycles. The number of anilines is 2. The molecule has 0 bridgehead atoms. The average molecular weight is 542 g/mol. The van der Waals surface area contributed by atoms with E-state index >= 15 is 0 Å². The molecule has 0 aliphatic carbocycles. The van der Waals surface area contributed by atoms with Crippen molar-refractivity contribution in [1.29, 1.82) is 0 Å². The molecule has 0 aromatic heterocycles. The number of hydrogen-bond acceptors (Lipinski definition) is 8. The van der Waals surface area contributed by atoms with Gasteiger partial charge in [-0.3, -0.25) is 19.8 Å². The third-order valence-electron chi connectivity index (χ3n) is 7.92. The molecule has 3 heterocycles. The molecule has 0 unspecified atom stereocenters. The van der Waals surface area contributed by atoms with Gasteiger partial charge in [-0.1, -0.05) is 19.1 Å². The summed E-state index contributed by atoms with van der Waals surface area (Å²) in [7, 11) is -2.88. The summed E-state index contributed by atoms with van der Waals surface area (Å²) in [6.45, 7) is 6.10. The average Bonchev–Trinajstić information content (AvgIpc) is 3.49. The van der Waals surface area contributed by atoms with Crippen LogP contribution in [-0.4, -0.2) is 61.0 Å². The van der Waals surface area contributed by atoms with Gasteiger partial charge in [-0.25, -0.2) is 4.79 Å². The molecule has 12 heteroatoms. The third-order valence-corrected chi connectivity index (χ3v) is 10.4. The summed E-state index contributed by atoms with van der Waals surface area (Å²) in [5.41, 5.74) is 0.224. The minimum atomic E-state index is -2.88. The summed E-state index contributed by atoms with van der Waals surface area (Å²) in [4.78, 5) is 51.8. The monoisotopic (exact) mass is 541 g/mol. The zero-order valence-corrected chi connectivity index (χ0v) is 22.5. The maximum atomic E-state index is 14.3. The lowest BCUT2D eigenvalue weighted by Crippen LogP contribution is -2.46. The SMILES string of the molecule is C[C@@H]1[C@@H]([Si](C)(C)O)[C@H](CCO)O[C@@]12C(=O)N(Cc1cccc(N3CCOC3=O)c1)c1ccc([N+](=O)[O-])cc12. The molecule has 3 aliphatic rings. The highest BCUT2D eigenvalue weighted by atomic mass is 28.4. The molecule has 2 N–H and O–H groups in total. The van der Waals surface area contributed by atoms with Gasteiger partial charge in [-0.2, -0.15) is 0 Å². The van der Waals surface area contributed by atoms with Crippen molar-refractivity contribution >= 4 is 37.4 Å². The Balaban J connectivity index is 1.58. The highest BCUT2D eigenvalue weighted by Crippen LogP contribution is 2.60. The predicted molar refractivity (Wildman–Crippen MR) is 140 cm³/mol. The number of benzene rings is 2.